The maximum Gasteiger partial charge on any atom is 0.244 e. The molecule has 0 aliphatic heterocycles. The fourth-order valence-corrected chi connectivity index (χ4v) is 5.32. The van der Waals surface area contributed by atoms with Crippen molar-refractivity contribution in [2.45, 2.75) is 39.8 Å². The summed E-state index contributed by atoms with van der Waals surface area (Å²) in [5.74, 6) is -0.515. The first kappa shape index (κ1) is 30.4. The van der Waals surface area contributed by atoms with E-state index in [9.17, 15) is 18.0 Å². The summed E-state index contributed by atoms with van der Waals surface area (Å²) in [5.41, 5.74) is 3.15. The summed E-state index contributed by atoms with van der Waals surface area (Å²) < 4.78 is 27.5. The molecule has 0 aliphatic carbocycles. The Labute approximate surface area is 240 Å². The Bertz CT molecular complexity index is 1360. The molecule has 0 fully saturated rings. The van der Waals surface area contributed by atoms with E-state index in [1.165, 1.54) is 4.90 Å². The smallest absolute Gasteiger partial charge is 0.244 e. The standard InChI is InChI=1S/C30H36BrN3O4S/c1-22(2)19-32-30(36)28(18-24-10-6-5-7-11-24)33(20-25-12-8-9-23(3)17-25)29(35)21-34(39(4,37)38)27-15-13-26(31)14-16-27/h5-17,22,28H,18-21H2,1-4H3,(H,32,36)/t28-/m0/s1. The lowest BCUT2D eigenvalue weighted by molar-refractivity contribution is -0.140. The molecule has 1 atom stereocenters. The molecule has 0 bridgehead atoms. The highest BCUT2D eigenvalue weighted by Gasteiger charge is 2.33. The highest BCUT2D eigenvalue weighted by atomic mass is 79.9. The Morgan fingerprint density at radius 2 is 1.56 bits per heavy atom. The molecule has 0 aromatic heterocycles. The van der Waals surface area contributed by atoms with E-state index in [-0.39, 0.29) is 18.4 Å². The molecule has 0 unspecified atom stereocenters. The van der Waals surface area contributed by atoms with E-state index in [1.54, 1.807) is 24.3 Å². The Kier molecular flexibility index (Phi) is 10.7. The molecular weight excluding hydrogens is 578 g/mol. The number of sulfonamides is 1. The molecule has 3 aromatic rings. The second kappa shape index (κ2) is 13.8. The van der Waals surface area contributed by atoms with E-state index in [4.69, 9.17) is 0 Å². The van der Waals surface area contributed by atoms with Gasteiger partial charge in [0.05, 0.1) is 11.9 Å². The Morgan fingerprint density at radius 1 is 0.923 bits per heavy atom. The number of hydrogen-bond donors (Lipinski definition) is 1. The van der Waals surface area contributed by atoms with Gasteiger partial charge in [0.15, 0.2) is 0 Å². The van der Waals surface area contributed by atoms with Gasteiger partial charge in [0, 0.05) is 24.0 Å². The van der Waals surface area contributed by atoms with Crippen molar-refractivity contribution in [3.8, 4) is 0 Å². The quantitative estimate of drug-likeness (QED) is 0.314. The average molecular weight is 615 g/mol. The van der Waals surface area contributed by atoms with Gasteiger partial charge in [-0.25, -0.2) is 8.42 Å². The molecule has 0 saturated heterocycles. The van der Waals surface area contributed by atoms with Crippen molar-refractivity contribution < 1.29 is 18.0 Å². The van der Waals surface area contributed by atoms with Gasteiger partial charge in [-0.1, -0.05) is 89.9 Å². The number of rotatable bonds is 12. The third-order valence-electron chi connectivity index (χ3n) is 6.18. The number of hydrogen-bond acceptors (Lipinski definition) is 4. The summed E-state index contributed by atoms with van der Waals surface area (Å²) in [7, 11) is -3.80. The number of halogens is 1. The van der Waals surface area contributed by atoms with Crippen LogP contribution < -0.4 is 9.62 Å². The van der Waals surface area contributed by atoms with Crippen LogP contribution >= 0.6 is 15.9 Å². The summed E-state index contributed by atoms with van der Waals surface area (Å²) in [6, 6.07) is 23.1. The Morgan fingerprint density at radius 3 is 2.15 bits per heavy atom. The number of amides is 2. The van der Waals surface area contributed by atoms with Crippen molar-refractivity contribution in [1.29, 1.82) is 0 Å². The lowest BCUT2D eigenvalue weighted by Gasteiger charge is -2.33. The molecule has 3 rings (SSSR count). The van der Waals surface area contributed by atoms with E-state index < -0.39 is 28.5 Å². The molecule has 208 valence electrons. The zero-order valence-corrected chi connectivity index (χ0v) is 25.2. The van der Waals surface area contributed by atoms with Crippen LogP contribution in [0.2, 0.25) is 0 Å². The third-order valence-corrected chi connectivity index (χ3v) is 7.85. The lowest BCUT2D eigenvalue weighted by Crippen LogP contribution is -2.53. The van der Waals surface area contributed by atoms with Gasteiger partial charge >= 0.3 is 0 Å². The summed E-state index contributed by atoms with van der Waals surface area (Å²) >= 11 is 3.37. The topological polar surface area (TPSA) is 86.8 Å². The van der Waals surface area contributed by atoms with E-state index in [0.717, 1.165) is 31.7 Å². The molecule has 0 saturated carbocycles. The van der Waals surface area contributed by atoms with Crippen molar-refractivity contribution >= 4 is 43.5 Å². The van der Waals surface area contributed by atoms with Gasteiger partial charge < -0.3 is 10.2 Å². The highest BCUT2D eigenvalue weighted by Crippen LogP contribution is 2.22. The van der Waals surface area contributed by atoms with Gasteiger partial charge in [0.1, 0.15) is 12.6 Å². The predicted octanol–water partition coefficient (Wildman–Crippen LogP) is 4.94. The van der Waals surface area contributed by atoms with Crippen LogP contribution in [0.15, 0.2) is 83.3 Å². The highest BCUT2D eigenvalue weighted by molar-refractivity contribution is 9.10. The van der Waals surface area contributed by atoms with Crippen LogP contribution in [0.25, 0.3) is 0 Å². The number of benzene rings is 3. The first-order valence-corrected chi connectivity index (χ1v) is 15.5. The first-order valence-electron chi connectivity index (χ1n) is 12.8. The predicted molar refractivity (Wildman–Crippen MR) is 160 cm³/mol. The molecule has 1 N–H and O–H groups in total. The maximum absolute atomic E-state index is 14.0. The summed E-state index contributed by atoms with van der Waals surface area (Å²) in [4.78, 5) is 29.1. The van der Waals surface area contributed by atoms with Gasteiger partial charge in [0.2, 0.25) is 21.8 Å². The molecular formula is C30H36BrN3O4S. The Hall–Kier alpha value is -3.17. The SMILES string of the molecule is Cc1cccc(CN(C(=O)CN(c2ccc(Br)cc2)S(C)(=O)=O)[C@@H](Cc2ccccc2)C(=O)NCC(C)C)c1. The van der Waals surface area contributed by atoms with Crippen molar-refractivity contribution in [2.24, 2.45) is 5.92 Å². The van der Waals surface area contributed by atoms with Crippen molar-refractivity contribution in [1.82, 2.24) is 10.2 Å². The molecule has 9 heteroatoms. The number of nitrogens with zero attached hydrogens (tertiary/aromatic N) is 2. The normalized spacial score (nSPS) is 12.2. The third kappa shape index (κ3) is 9.21. The summed E-state index contributed by atoms with van der Waals surface area (Å²) in [6.45, 7) is 6.16. The first-order chi connectivity index (χ1) is 18.4. The van der Waals surface area contributed by atoms with Crippen LogP contribution in [0.3, 0.4) is 0 Å². The van der Waals surface area contributed by atoms with Gasteiger partial charge in [-0.3, -0.25) is 13.9 Å². The molecule has 0 aliphatic rings. The number of carbonyl (C=O) groups excluding carboxylic acids is 2. The minimum absolute atomic E-state index is 0.158. The molecule has 0 spiro atoms. The molecule has 2 amide bonds. The monoisotopic (exact) mass is 613 g/mol. The minimum atomic E-state index is -3.80. The van der Waals surface area contributed by atoms with Crippen LogP contribution in [0.1, 0.15) is 30.5 Å². The van der Waals surface area contributed by atoms with Gasteiger partial charge in [-0.15, -0.1) is 0 Å². The van der Waals surface area contributed by atoms with Crippen molar-refractivity contribution in [3.63, 3.8) is 0 Å². The van der Waals surface area contributed by atoms with Crippen LogP contribution in [0.5, 0.6) is 0 Å². The number of carbonyl (C=O) groups is 2. The van der Waals surface area contributed by atoms with Gasteiger partial charge in [0.25, 0.3) is 0 Å². The van der Waals surface area contributed by atoms with E-state index in [2.05, 4.69) is 21.2 Å². The lowest BCUT2D eigenvalue weighted by atomic mass is 10.0. The van der Waals surface area contributed by atoms with E-state index in [1.807, 2.05) is 75.4 Å². The van der Waals surface area contributed by atoms with Gasteiger partial charge in [-0.2, -0.15) is 0 Å². The molecule has 39 heavy (non-hydrogen) atoms. The second-order valence-corrected chi connectivity index (χ2v) is 12.9. The van der Waals surface area contributed by atoms with E-state index >= 15 is 0 Å². The zero-order valence-electron chi connectivity index (χ0n) is 22.8. The van der Waals surface area contributed by atoms with E-state index in [0.29, 0.717) is 18.7 Å². The summed E-state index contributed by atoms with van der Waals surface area (Å²) in [6.07, 6.45) is 1.36. The minimum Gasteiger partial charge on any atom is -0.354 e. The molecule has 0 radical (unpaired) electrons. The van der Waals surface area contributed by atoms with Gasteiger partial charge in [-0.05, 0) is 48.2 Å². The Balaban J connectivity index is 2.04. The van der Waals surface area contributed by atoms with Crippen molar-refractivity contribution in [2.75, 3.05) is 23.7 Å². The maximum atomic E-state index is 14.0. The summed E-state index contributed by atoms with van der Waals surface area (Å²) in [5, 5.41) is 2.99. The van der Waals surface area contributed by atoms with Crippen LogP contribution in [-0.2, 0) is 32.6 Å². The van der Waals surface area contributed by atoms with Crippen LogP contribution in [-0.4, -0.2) is 50.5 Å². The largest absolute Gasteiger partial charge is 0.354 e. The molecule has 0 heterocycles. The van der Waals surface area contributed by atoms with Crippen molar-refractivity contribution in [3.05, 3.63) is 100 Å². The van der Waals surface area contributed by atoms with Crippen LogP contribution in [0, 0.1) is 12.8 Å². The molecule has 7 nitrogen and oxygen atoms in total. The second-order valence-electron chi connectivity index (χ2n) is 10.1. The van der Waals surface area contributed by atoms with Crippen LogP contribution in [0.4, 0.5) is 5.69 Å². The number of anilines is 1. The zero-order chi connectivity index (χ0) is 28.6. The average Bonchev–Trinajstić information content (AvgIpc) is 2.88. The number of aryl methyl sites for hydroxylation is 1. The fourth-order valence-electron chi connectivity index (χ4n) is 4.20. The number of nitrogens with one attached hydrogen (secondary N) is 1. The fraction of sp³-hybridized carbons (Fsp3) is 0.333. The molecule has 3 aromatic carbocycles.